The third-order valence-electron chi connectivity index (χ3n) is 5.30. The highest BCUT2D eigenvalue weighted by Gasteiger charge is 2.33. The first kappa shape index (κ1) is 20.4. The van der Waals surface area contributed by atoms with Crippen molar-refractivity contribution in [3.63, 3.8) is 0 Å². The standard InChI is InChI=1S/C21H25FN2O.ClH/c1-13-4-5-17(8-14(13)2)18-6-7-19(20(22)10-18)21(25)24-12-16(11-23)9-15(24)3;/h4-8,10,15-16H,9,11-12,23H2,1-3H3;1H. The van der Waals surface area contributed by atoms with Crippen LogP contribution in [-0.4, -0.2) is 29.9 Å². The van der Waals surface area contributed by atoms with Gasteiger partial charge in [-0.1, -0.05) is 24.3 Å². The third kappa shape index (κ3) is 3.92. The summed E-state index contributed by atoms with van der Waals surface area (Å²) in [6.45, 7) is 7.25. The summed E-state index contributed by atoms with van der Waals surface area (Å²) in [4.78, 5) is 14.5. The number of amides is 1. The minimum absolute atomic E-state index is 0. The Balaban J connectivity index is 0.00000243. The lowest BCUT2D eigenvalue weighted by Crippen LogP contribution is -2.35. The number of carbonyl (C=O) groups excluding carboxylic acids is 1. The van der Waals surface area contributed by atoms with Crippen LogP contribution in [0.15, 0.2) is 36.4 Å². The number of benzene rings is 2. The van der Waals surface area contributed by atoms with Crippen molar-refractivity contribution in [1.82, 2.24) is 4.90 Å². The van der Waals surface area contributed by atoms with Gasteiger partial charge in [0.25, 0.3) is 5.91 Å². The molecule has 1 fully saturated rings. The summed E-state index contributed by atoms with van der Waals surface area (Å²) in [6, 6.07) is 11.0. The van der Waals surface area contributed by atoms with Gasteiger partial charge in [0, 0.05) is 12.6 Å². The Morgan fingerprint density at radius 1 is 1.15 bits per heavy atom. The van der Waals surface area contributed by atoms with E-state index in [9.17, 15) is 9.18 Å². The fourth-order valence-electron chi connectivity index (χ4n) is 3.54. The summed E-state index contributed by atoms with van der Waals surface area (Å²) < 4.78 is 14.7. The van der Waals surface area contributed by atoms with E-state index in [0.717, 1.165) is 23.1 Å². The molecule has 26 heavy (non-hydrogen) atoms. The van der Waals surface area contributed by atoms with Crippen LogP contribution in [0.3, 0.4) is 0 Å². The van der Waals surface area contributed by atoms with Gasteiger partial charge >= 0.3 is 0 Å². The predicted molar refractivity (Wildman–Crippen MR) is 106 cm³/mol. The molecule has 0 bridgehead atoms. The van der Waals surface area contributed by atoms with Gasteiger partial charge in [0.1, 0.15) is 5.82 Å². The molecule has 3 nitrogen and oxygen atoms in total. The third-order valence-corrected chi connectivity index (χ3v) is 5.30. The molecule has 0 radical (unpaired) electrons. The minimum Gasteiger partial charge on any atom is -0.336 e. The number of aryl methyl sites for hydroxylation is 2. The molecule has 2 unspecified atom stereocenters. The quantitative estimate of drug-likeness (QED) is 0.866. The van der Waals surface area contributed by atoms with Gasteiger partial charge in [0.2, 0.25) is 0 Å². The van der Waals surface area contributed by atoms with Gasteiger partial charge < -0.3 is 10.6 Å². The topological polar surface area (TPSA) is 46.3 Å². The van der Waals surface area contributed by atoms with Crippen LogP contribution in [0.1, 0.15) is 34.8 Å². The number of hydrogen-bond donors (Lipinski definition) is 1. The first-order valence-electron chi connectivity index (χ1n) is 8.79. The molecule has 1 aliphatic heterocycles. The van der Waals surface area contributed by atoms with Gasteiger partial charge in [-0.25, -0.2) is 4.39 Å². The molecule has 0 aromatic heterocycles. The molecule has 1 amide bonds. The van der Waals surface area contributed by atoms with Gasteiger partial charge in [-0.2, -0.15) is 0 Å². The predicted octanol–water partition coefficient (Wildman–Crippen LogP) is 4.34. The molecule has 2 aromatic carbocycles. The van der Waals surface area contributed by atoms with E-state index in [1.165, 1.54) is 11.6 Å². The summed E-state index contributed by atoms with van der Waals surface area (Å²) in [5.74, 6) is -0.409. The number of halogens is 2. The largest absolute Gasteiger partial charge is 0.336 e. The molecule has 0 aliphatic carbocycles. The van der Waals surface area contributed by atoms with Crippen molar-refractivity contribution in [3.8, 4) is 11.1 Å². The van der Waals surface area contributed by atoms with E-state index >= 15 is 0 Å². The SMILES string of the molecule is Cc1ccc(-c2ccc(C(=O)N3CC(CN)CC3C)c(F)c2)cc1C.Cl. The molecule has 140 valence electrons. The Kier molecular flexibility index (Phi) is 6.43. The highest BCUT2D eigenvalue weighted by molar-refractivity contribution is 5.95. The highest BCUT2D eigenvalue weighted by Crippen LogP contribution is 2.28. The minimum atomic E-state index is -0.468. The molecule has 1 aliphatic rings. The molecule has 1 heterocycles. The number of nitrogens with two attached hydrogens (primary N) is 1. The molecule has 2 atom stereocenters. The van der Waals surface area contributed by atoms with Gasteiger partial charge in [0.05, 0.1) is 5.56 Å². The monoisotopic (exact) mass is 376 g/mol. The fourth-order valence-corrected chi connectivity index (χ4v) is 3.54. The maximum atomic E-state index is 14.7. The lowest BCUT2D eigenvalue weighted by Gasteiger charge is -2.22. The zero-order valence-corrected chi connectivity index (χ0v) is 16.3. The lowest BCUT2D eigenvalue weighted by molar-refractivity contribution is 0.0739. The van der Waals surface area contributed by atoms with Gasteiger partial charge in [0.15, 0.2) is 0 Å². The van der Waals surface area contributed by atoms with Crippen molar-refractivity contribution in [2.75, 3.05) is 13.1 Å². The van der Waals surface area contributed by atoms with Crippen LogP contribution in [0.4, 0.5) is 4.39 Å². The maximum absolute atomic E-state index is 14.7. The Morgan fingerprint density at radius 3 is 2.38 bits per heavy atom. The first-order valence-corrected chi connectivity index (χ1v) is 8.79. The summed E-state index contributed by atoms with van der Waals surface area (Å²) >= 11 is 0. The summed E-state index contributed by atoms with van der Waals surface area (Å²) in [6.07, 6.45) is 0.880. The number of likely N-dealkylation sites (tertiary alicyclic amines) is 1. The van der Waals surface area contributed by atoms with Crippen LogP contribution in [0.2, 0.25) is 0 Å². The van der Waals surface area contributed by atoms with E-state index in [1.807, 2.05) is 45.0 Å². The maximum Gasteiger partial charge on any atom is 0.257 e. The summed E-state index contributed by atoms with van der Waals surface area (Å²) in [7, 11) is 0. The average molecular weight is 377 g/mol. The van der Waals surface area contributed by atoms with Crippen LogP contribution in [0.5, 0.6) is 0 Å². The van der Waals surface area contributed by atoms with Crippen LogP contribution >= 0.6 is 12.4 Å². The van der Waals surface area contributed by atoms with Crippen LogP contribution < -0.4 is 5.73 Å². The van der Waals surface area contributed by atoms with Crippen LogP contribution in [-0.2, 0) is 0 Å². The number of carbonyl (C=O) groups is 1. The van der Waals surface area contributed by atoms with Crippen molar-refractivity contribution in [1.29, 1.82) is 0 Å². The van der Waals surface area contributed by atoms with E-state index < -0.39 is 5.82 Å². The second kappa shape index (κ2) is 8.19. The molecular formula is C21H26ClFN2O. The number of hydrogen-bond acceptors (Lipinski definition) is 2. The molecular weight excluding hydrogens is 351 g/mol. The van der Waals surface area contributed by atoms with Crippen molar-refractivity contribution in [3.05, 3.63) is 58.9 Å². The van der Waals surface area contributed by atoms with E-state index in [1.54, 1.807) is 11.0 Å². The molecule has 3 rings (SSSR count). The summed E-state index contributed by atoms with van der Waals surface area (Å²) in [5, 5.41) is 0. The van der Waals surface area contributed by atoms with Crippen LogP contribution in [0, 0.1) is 25.6 Å². The molecule has 1 saturated heterocycles. The van der Waals surface area contributed by atoms with E-state index in [2.05, 4.69) is 0 Å². The lowest BCUT2D eigenvalue weighted by atomic mass is 9.99. The highest BCUT2D eigenvalue weighted by atomic mass is 35.5. The zero-order valence-electron chi connectivity index (χ0n) is 15.5. The van der Waals surface area contributed by atoms with E-state index in [0.29, 0.717) is 19.0 Å². The van der Waals surface area contributed by atoms with Crippen molar-refractivity contribution >= 4 is 18.3 Å². The Bertz CT molecular complexity index is 809. The van der Waals surface area contributed by atoms with E-state index in [-0.39, 0.29) is 29.9 Å². The molecule has 0 spiro atoms. The average Bonchev–Trinajstić information content (AvgIpc) is 2.97. The molecule has 0 saturated carbocycles. The Hall–Kier alpha value is -1.91. The second-order valence-electron chi connectivity index (χ2n) is 7.14. The molecule has 5 heteroatoms. The smallest absolute Gasteiger partial charge is 0.257 e. The van der Waals surface area contributed by atoms with E-state index in [4.69, 9.17) is 5.73 Å². The fraction of sp³-hybridized carbons (Fsp3) is 0.381. The molecule has 2 N–H and O–H groups in total. The van der Waals surface area contributed by atoms with Crippen molar-refractivity contribution < 1.29 is 9.18 Å². The normalized spacial score (nSPS) is 19.3. The number of rotatable bonds is 3. The van der Waals surface area contributed by atoms with Gasteiger partial charge in [-0.3, -0.25) is 4.79 Å². The van der Waals surface area contributed by atoms with Crippen molar-refractivity contribution in [2.45, 2.75) is 33.2 Å². The van der Waals surface area contributed by atoms with Crippen LogP contribution in [0.25, 0.3) is 11.1 Å². The second-order valence-corrected chi connectivity index (χ2v) is 7.14. The van der Waals surface area contributed by atoms with Crippen molar-refractivity contribution in [2.24, 2.45) is 11.7 Å². The Labute approximate surface area is 160 Å². The Morgan fingerprint density at radius 2 is 1.81 bits per heavy atom. The van der Waals surface area contributed by atoms with Gasteiger partial charge in [-0.15, -0.1) is 12.4 Å². The zero-order chi connectivity index (χ0) is 18.1. The molecule has 2 aromatic rings. The number of nitrogens with zero attached hydrogens (tertiary/aromatic N) is 1. The van der Waals surface area contributed by atoms with Gasteiger partial charge in [-0.05, 0) is 74.0 Å². The summed E-state index contributed by atoms with van der Waals surface area (Å²) in [5.41, 5.74) is 9.97. The first-order chi connectivity index (χ1) is 11.9.